The summed E-state index contributed by atoms with van der Waals surface area (Å²) in [6.45, 7) is 0. The predicted molar refractivity (Wildman–Crippen MR) is 69.1 cm³/mol. The summed E-state index contributed by atoms with van der Waals surface area (Å²) in [6, 6.07) is 13.0. The third-order valence-corrected chi connectivity index (χ3v) is 2.72. The fourth-order valence-electron chi connectivity index (χ4n) is 1.29. The quantitative estimate of drug-likeness (QED) is 0.550. The van der Waals surface area contributed by atoms with Crippen molar-refractivity contribution in [3.05, 3.63) is 63.9 Å². The first-order valence-corrected chi connectivity index (χ1v) is 5.71. The number of pyridine rings is 1. The van der Waals surface area contributed by atoms with Crippen molar-refractivity contribution in [2.24, 2.45) is 0 Å². The Hall–Kier alpha value is -2.10. The first kappa shape index (κ1) is 11.4. The van der Waals surface area contributed by atoms with Crippen LogP contribution in [0.3, 0.4) is 0 Å². The van der Waals surface area contributed by atoms with Crippen LogP contribution in [0.1, 0.15) is 16.7 Å². The molecule has 0 aliphatic heterocycles. The summed E-state index contributed by atoms with van der Waals surface area (Å²) in [6.07, 6.45) is 1.70. The summed E-state index contributed by atoms with van der Waals surface area (Å²) in [5, 5.41) is 8.78. The Labute approximate surface area is 108 Å². The van der Waals surface area contributed by atoms with Crippen molar-refractivity contribution in [2.45, 2.75) is 0 Å². The van der Waals surface area contributed by atoms with Gasteiger partial charge in [-0.25, -0.2) is 4.98 Å². The van der Waals surface area contributed by atoms with Gasteiger partial charge in [-0.1, -0.05) is 17.9 Å². The highest BCUT2D eigenvalue weighted by Crippen LogP contribution is 2.11. The zero-order valence-corrected chi connectivity index (χ0v) is 10.4. The molecule has 1 aromatic carbocycles. The Bertz CT molecular complexity index is 645. The van der Waals surface area contributed by atoms with Crippen LogP contribution < -0.4 is 0 Å². The van der Waals surface area contributed by atoms with Gasteiger partial charge in [0.05, 0.1) is 17.2 Å². The third-order valence-electron chi connectivity index (χ3n) is 2.09. The normalized spacial score (nSPS) is 8.94. The summed E-state index contributed by atoms with van der Waals surface area (Å²) in [7, 11) is 0. The van der Waals surface area contributed by atoms with Gasteiger partial charge in [-0.2, -0.15) is 5.26 Å². The van der Waals surface area contributed by atoms with E-state index < -0.39 is 0 Å². The lowest BCUT2D eigenvalue weighted by Crippen LogP contribution is -1.82. The van der Waals surface area contributed by atoms with Crippen LogP contribution in [0.25, 0.3) is 0 Å². The Morgan fingerprint density at radius 2 is 1.88 bits per heavy atom. The fourth-order valence-corrected chi connectivity index (χ4v) is 1.63. The zero-order valence-electron chi connectivity index (χ0n) is 8.81. The second-order valence-corrected chi connectivity index (χ2v) is 4.04. The fraction of sp³-hybridized carbons (Fsp3) is 0. The lowest BCUT2D eigenvalue weighted by Gasteiger charge is -1.93. The number of benzene rings is 1. The molecule has 0 aliphatic carbocycles. The Balaban J connectivity index is 2.34. The van der Waals surface area contributed by atoms with Gasteiger partial charge in [0, 0.05) is 11.8 Å². The van der Waals surface area contributed by atoms with Gasteiger partial charge in [-0.15, -0.1) is 0 Å². The van der Waals surface area contributed by atoms with Crippen LogP contribution >= 0.6 is 15.9 Å². The first-order chi connectivity index (χ1) is 8.29. The molecule has 80 valence electrons. The first-order valence-electron chi connectivity index (χ1n) is 4.92. The van der Waals surface area contributed by atoms with Gasteiger partial charge < -0.3 is 0 Å². The molecule has 17 heavy (non-hydrogen) atoms. The molecule has 0 unspecified atom stereocenters. The molecule has 2 rings (SSSR count). The van der Waals surface area contributed by atoms with Gasteiger partial charge in [0.15, 0.2) is 0 Å². The monoisotopic (exact) mass is 282 g/mol. The van der Waals surface area contributed by atoms with E-state index in [2.05, 4.69) is 38.8 Å². The predicted octanol–water partition coefficient (Wildman–Crippen LogP) is 3.12. The molecule has 3 heteroatoms. The van der Waals surface area contributed by atoms with Crippen LogP contribution in [0.2, 0.25) is 0 Å². The Morgan fingerprint density at radius 3 is 2.65 bits per heavy atom. The van der Waals surface area contributed by atoms with Crippen molar-refractivity contribution < 1.29 is 0 Å². The largest absolute Gasteiger partial charge is 0.248 e. The molecule has 2 nitrogen and oxygen atoms in total. The second kappa shape index (κ2) is 5.30. The maximum Gasteiger partial charge on any atom is 0.121 e. The van der Waals surface area contributed by atoms with E-state index >= 15 is 0 Å². The van der Waals surface area contributed by atoms with E-state index in [4.69, 9.17) is 5.26 Å². The van der Waals surface area contributed by atoms with Crippen molar-refractivity contribution in [1.29, 1.82) is 5.26 Å². The molecule has 0 amide bonds. The molecule has 0 spiro atoms. The van der Waals surface area contributed by atoms with E-state index in [0.717, 1.165) is 15.7 Å². The molecule has 0 saturated carbocycles. The van der Waals surface area contributed by atoms with Crippen molar-refractivity contribution in [1.82, 2.24) is 4.98 Å². The molecular formula is C14H7BrN2. The van der Waals surface area contributed by atoms with Gasteiger partial charge >= 0.3 is 0 Å². The van der Waals surface area contributed by atoms with E-state index in [0.29, 0.717) is 5.56 Å². The van der Waals surface area contributed by atoms with Crippen LogP contribution in [0.4, 0.5) is 0 Å². The minimum atomic E-state index is 0.613. The van der Waals surface area contributed by atoms with E-state index in [9.17, 15) is 0 Å². The molecule has 0 fully saturated rings. The molecule has 0 atom stereocenters. The van der Waals surface area contributed by atoms with Gasteiger partial charge in [-0.3, -0.25) is 0 Å². The number of hydrogen-bond donors (Lipinski definition) is 0. The minimum Gasteiger partial charge on any atom is -0.248 e. The second-order valence-electron chi connectivity index (χ2n) is 3.28. The molecule has 0 saturated heterocycles. The SMILES string of the molecule is N#Cc1cccc(C#Cc2cccnc2Br)c1. The molecule has 0 radical (unpaired) electrons. The standard InChI is InChI=1S/C14H7BrN2/c15-14-13(5-2-8-17-14)7-6-11-3-1-4-12(9-11)10-16/h1-5,8-9H. The molecule has 2 aromatic rings. The average Bonchev–Trinajstić information content (AvgIpc) is 2.38. The summed E-state index contributed by atoms with van der Waals surface area (Å²) in [5.74, 6) is 6.02. The maximum atomic E-state index is 8.78. The molecular weight excluding hydrogens is 276 g/mol. The van der Waals surface area contributed by atoms with Crippen LogP contribution in [0.5, 0.6) is 0 Å². The van der Waals surface area contributed by atoms with Gasteiger partial charge in [0.1, 0.15) is 4.60 Å². The smallest absolute Gasteiger partial charge is 0.121 e. The minimum absolute atomic E-state index is 0.613. The maximum absolute atomic E-state index is 8.78. The lowest BCUT2D eigenvalue weighted by molar-refractivity contribution is 1.26. The summed E-state index contributed by atoms with van der Waals surface area (Å²) >= 11 is 3.33. The third kappa shape index (κ3) is 2.93. The van der Waals surface area contributed by atoms with E-state index in [-0.39, 0.29) is 0 Å². The van der Waals surface area contributed by atoms with Gasteiger partial charge in [0.25, 0.3) is 0 Å². The average molecular weight is 283 g/mol. The van der Waals surface area contributed by atoms with Crippen LogP contribution in [-0.2, 0) is 0 Å². The van der Waals surface area contributed by atoms with Gasteiger partial charge in [-0.05, 0) is 46.3 Å². The van der Waals surface area contributed by atoms with Gasteiger partial charge in [0.2, 0.25) is 0 Å². The van der Waals surface area contributed by atoms with Crippen molar-refractivity contribution in [2.75, 3.05) is 0 Å². The van der Waals surface area contributed by atoms with Crippen molar-refractivity contribution in [3.8, 4) is 17.9 Å². The van der Waals surface area contributed by atoms with E-state index in [1.807, 2.05) is 24.3 Å². The Morgan fingerprint density at radius 1 is 1.06 bits per heavy atom. The number of aromatic nitrogens is 1. The van der Waals surface area contributed by atoms with E-state index in [1.54, 1.807) is 18.3 Å². The highest BCUT2D eigenvalue weighted by molar-refractivity contribution is 9.10. The summed E-state index contributed by atoms with van der Waals surface area (Å²) in [4.78, 5) is 4.09. The summed E-state index contributed by atoms with van der Waals surface area (Å²) < 4.78 is 0.726. The number of nitrogens with zero attached hydrogens (tertiary/aromatic N) is 2. The van der Waals surface area contributed by atoms with Crippen LogP contribution in [0, 0.1) is 23.2 Å². The van der Waals surface area contributed by atoms with Crippen LogP contribution in [-0.4, -0.2) is 4.98 Å². The molecule has 0 N–H and O–H groups in total. The lowest BCUT2D eigenvalue weighted by atomic mass is 10.1. The number of rotatable bonds is 0. The van der Waals surface area contributed by atoms with Crippen molar-refractivity contribution in [3.63, 3.8) is 0 Å². The Kier molecular flexibility index (Phi) is 3.55. The molecule has 0 bridgehead atoms. The highest BCUT2D eigenvalue weighted by atomic mass is 79.9. The molecule has 0 aliphatic rings. The van der Waals surface area contributed by atoms with E-state index in [1.165, 1.54) is 0 Å². The highest BCUT2D eigenvalue weighted by Gasteiger charge is 1.95. The molecule has 1 heterocycles. The topological polar surface area (TPSA) is 36.7 Å². The summed E-state index contributed by atoms with van der Waals surface area (Å²) in [5.41, 5.74) is 2.26. The zero-order chi connectivity index (χ0) is 12.1. The molecule has 1 aromatic heterocycles. The van der Waals surface area contributed by atoms with Crippen LogP contribution in [0.15, 0.2) is 47.2 Å². The number of nitriles is 1. The number of halogens is 1. The van der Waals surface area contributed by atoms with Crippen molar-refractivity contribution >= 4 is 15.9 Å². The number of hydrogen-bond acceptors (Lipinski definition) is 2.